The van der Waals surface area contributed by atoms with Crippen molar-refractivity contribution in [2.45, 2.75) is 52.1 Å². The predicted molar refractivity (Wildman–Crippen MR) is 109 cm³/mol. The average molecular weight is 356 g/mol. The molecule has 0 fully saturated rings. The van der Waals surface area contributed by atoms with Gasteiger partial charge in [0.05, 0.1) is 7.11 Å². The van der Waals surface area contributed by atoms with Crippen molar-refractivity contribution in [1.82, 2.24) is 0 Å². The number of ether oxygens (including phenoxy) is 1. The molecule has 0 amide bonds. The van der Waals surface area contributed by atoms with Crippen LogP contribution in [0.5, 0.6) is 5.75 Å². The van der Waals surface area contributed by atoms with Crippen molar-refractivity contribution in [1.29, 1.82) is 0 Å². The van der Waals surface area contributed by atoms with E-state index in [0.29, 0.717) is 8.58 Å². The normalized spacial score (nSPS) is 13.8. The van der Waals surface area contributed by atoms with Gasteiger partial charge in [-0.25, -0.2) is 0 Å². The molecule has 25 heavy (non-hydrogen) atoms. The smallest absolute Gasteiger partial charge is 0.160 e. The quantitative estimate of drug-likeness (QED) is 0.453. The molecule has 2 atom stereocenters. The fraction of sp³-hybridized carbons (Fsp3) is 0.409. The number of Topliss-reactive ketones (excluding diaryl/α,β-unsaturated/α-hetero) is 1. The lowest BCUT2D eigenvalue weighted by Gasteiger charge is -2.35. The predicted octanol–water partition coefficient (Wildman–Crippen LogP) is 5.62. The molecule has 0 spiro atoms. The largest absolute Gasteiger partial charge is 0.496 e. The summed E-state index contributed by atoms with van der Waals surface area (Å²) >= 11 is 0. The second kappa shape index (κ2) is 8.63. The fourth-order valence-electron chi connectivity index (χ4n) is 3.60. The van der Waals surface area contributed by atoms with Gasteiger partial charge in [-0.2, -0.15) is 0 Å². The van der Waals surface area contributed by atoms with Crippen LogP contribution in [0.2, 0.25) is 0 Å². The van der Waals surface area contributed by atoms with Crippen molar-refractivity contribution < 1.29 is 9.53 Å². The van der Waals surface area contributed by atoms with E-state index in [2.05, 4.69) is 45.0 Å². The van der Waals surface area contributed by atoms with E-state index in [1.54, 1.807) is 14.0 Å². The molecular weight excluding hydrogens is 327 g/mol. The van der Waals surface area contributed by atoms with E-state index in [9.17, 15) is 4.79 Å². The maximum atomic E-state index is 12.1. The van der Waals surface area contributed by atoms with E-state index < -0.39 is 0 Å². The molecular formula is C22H29O2P. The van der Waals surface area contributed by atoms with Gasteiger partial charge in [0.25, 0.3) is 0 Å². The average Bonchev–Trinajstić information content (AvgIpc) is 2.61. The van der Waals surface area contributed by atoms with Gasteiger partial charge in [0.15, 0.2) is 5.78 Å². The number of ketones is 1. The number of methoxy groups -OCH3 is 1. The molecule has 0 saturated heterocycles. The molecule has 0 aliphatic rings. The number of hydrogen-bond donors (Lipinski definition) is 0. The first-order chi connectivity index (χ1) is 12.0. The molecule has 2 aromatic carbocycles. The molecule has 0 radical (unpaired) electrons. The van der Waals surface area contributed by atoms with Gasteiger partial charge in [-0.3, -0.25) is 4.79 Å². The Balaban J connectivity index is 2.61. The number of aryl methyl sites for hydroxylation is 1. The summed E-state index contributed by atoms with van der Waals surface area (Å²) in [6.45, 7) is 8.24. The first-order valence-electron chi connectivity index (χ1n) is 9.01. The van der Waals surface area contributed by atoms with Crippen LogP contribution in [-0.4, -0.2) is 12.9 Å². The van der Waals surface area contributed by atoms with E-state index >= 15 is 0 Å². The van der Waals surface area contributed by atoms with Crippen LogP contribution in [0.3, 0.4) is 0 Å². The van der Waals surface area contributed by atoms with E-state index in [1.165, 1.54) is 11.1 Å². The third-order valence-electron chi connectivity index (χ3n) is 4.89. The maximum Gasteiger partial charge on any atom is 0.160 e. The lowest BCUT2D eigenvalue weighted by molar-refractivity contribution is 0.101. The second-order valence-corrected chi connectivity index (χ2v) is 8.31. The topological polar surface area (TPSA) is 26.3 Å². The van der Waals surface area contributed by atoms with Crippen molar-refractivity contribution in [2.24, 2.45) is 0 Å². The molecule has 3 heteroatoms. The molecule has 2 nitrogen and oxygen atoms in total. The number of carbonyl (C=O) groups is 1. The third-order valence-corrected chi connectivity index (χ3v) is 6.95. The molecule has 0 aliphatic heterocycles. The summed E-state index contributed by atoms with van der Waals surface area (Å²) in [4.78, 5) is 12.1. The zero-order chi connectivity index (χ0) is 18.4. The highest BCUT2D eigenvalue weighted by Gasteiger charge is 2.34. The number of carbonyl (C=O) groups excluding carboxylic acids is 1. The Morgan fingerprint density at radius 1 is 1.12 bits per heavy atom. The third kappa shape index (κ3) is 4.12. The zero-order valence-corrected chi connectivity index (χ0v) is 17.0. The summed E-state index contributed by atoms with van der Waals surface area (Å²) in [7, 11) is 2.29. The minimum absolute atomic E-state index is 0.00231. The summed E-state index contributed by atoms with van der Waals surface area (Å²) < 4.78 is 5.78. The van der Waals surface area contributed by atoms with Crippen LogP contribution in [-0.2, 0) is 5.16 Å². The van der Waals surface area contributed by atoms with Crippen molar-refractivity contribution in [3.63, 3.8) is 0 Å². The standard InChI is InChI=1S/C22H29O2P/c1-6-15-22(7-2,19-13-10-11-16(3)21(19)24-5)25-20-14-9-8-12-18(20)17(4)23/h8-14,25H,6-7,15H2,1-5H3. The van der Waals surface area contributed by atoms with Crippen molar-refractivity contribution >= 4 is 19.7 Å². The number of rotatable bonds is 8. The number of para-hydroxylation sites is 1. The monoisotopic (exact) mass is 356 g/mol. The summed E-state index contributed by atoms with van der Waals surface area (Å²) in [6.07, 6.45) is 3.19. The van der Waals surface area contributed by atoms with Crippen LogP contribution in [0.25, 0.3) is 0 Å². The van der Waals surface area contributed by atoms with E-state index in [4.69, 9.17) is 4.74 Å². The zero-order valence-electron chi connectivity index (χ0n) is 16.0. The van der Waals surface area contributed by atoms with Crippen LogP contribution >= 0.6 is 8.58 Å². The minimum atomic E-state index is -0.00231. The van der Waals surface area contributed by atoms with Crippen molar-refractivity contribution in [2.75, 3.05) is 7.11 Å². The summed E-state index contributed by atoms with van der Waals surface area (Å²) in [6, 6.07) is 14.5. The summed E-state index contributed by atoms with van der Waals surface area (Å²) in [5, 5.41) is 1.16. The molecule has 134 valence electrons. The summed E-state index contributed by atoms with van der Waals surface area (Å²) in [5.74, 6) is 1.13. The fourth-order valence-corrected chi connectivity index (χ4v) is 5.58. The van der Waals surface area contributed by atoms with Gasteiger partial charge >= 0.3 is 0 Å². The van der Waals surface area contributed by atoms with E-state index in [-0.39, 0.29) is 10.9 Å². The second-order valence-electron chi connectivity index (χ2n) is 6.57. The van der Waals surface area contributed by atoms with E-state index in [1.807, 2.05) is 18.2 Å². The SMILES string of the molecule is CCCC(CC)(Pc1ccccc1C(C)=O)c1cccc(C)c1OC. The molecule has 2 rings (SSSR count). The van der Waals surface area contributed by atoms with Crippen LogP contribution in [0.1, 0.15) is 61.5 Å². The van der Waals surface area contributed by atoms with Crippen molar-refractivity contribution in [3.8, 4) is 5.75 Å². The molecule has 0 bridgehead atoms. The Hall–Kier alpha value is -1.66. The van der Waals surface area contributed by atoms with Gasteiger partial charge < -0.3 is 4.74 Å². The van der Waals surface area contributed by atoms with Crippen LogP contribution in [0, 0.1) is 6.92 Å². The Kier molecular flexibility index (Phi) is 6.79. The Bertz CT molecular complexity index is 739. The highest BCUT2D eigenvalue weighted by molar-refractivity contribution is 7.48. The summed E-state index contributed by atoms with van der Waals surface area (Å²) in [5.41, 5.74) is 3.29. The maximum absolute atomic E-state index is 12.1. The molecule has 0 heterocycles. The number of hydrogen-bond acceptors (Lipinski definition) is 2. The van der Waals surface area contributed by atoms with Gasteiger partial charge in [-0.05, 0) is 37.6 Å². The molecule has 0 aliphatic carbocycles. The molecule has 0 N–H and O–H groups in total. The first kappa shape index (κ1) is 19.7. The highest BCUT2D eigenvalue weighted by atomic mass is 31.1. The first-order valence-corrected chi connectivity index (χ1v) is 10.0. The van der Waals surface area contributed by atoms with E-state index in [0.717, 1.165) is 35.9 Å². The molecule has 2 unspecified atom stereocenters. The highest BCUT2D eigenvalue weighted by Crippen LogP contribution is 2.51. The van der Waals surface area contributed by atoms with Gasteiger partial charge in [0, 0.05) is 16.3 Å². The Morgan fingerprint density at radius 2 is 1.84 bits per heavy atom. The Morgan fingerprint density at radius 3 is 2.44 bits per heavy atom. The van der Waals surface area contributed by atoms with Gasteiger partial charge in [-0.15, -0.1) is 0 Å². The lowest BCUT2D eigenvalue weighted by atomic mass is 9.89. The van der Waals surface area contributed by atoms with Crippen LogP contribution in [0.4, 0.5) is 0 Å². The van der Waals surface area contributed by atoms with Crippen LogP contribution in [0.15, 0.2) is 42.5 Å². The molecule has 0 saturated carbocycles. The molecule has 0 aromatic heterocycles. The van der Waals surface area contributed by atoms with Gasteiger partial charge in [0.1, 0.15) is 5.75 Å². The molecule has 2 aromatic rings. The van der Waals surface area contributed by atoms with Gasteiger partial charge in [-0.1, -0.05) is 71.3 Å². The lowest BCUT2D eigenvalue weighted by Crippen LogP contribution is -2.25. The van der Waals surface area contributed by atoms with Gasteiger partial charge in [0.2, 0.25) is 0 Å². The number of benzene rings is 2. The van der Waals surface area contributed by atoms with Crippen LogP contribution < -0.4 is 10.0 Å². The Labute approximate surface area is 153 Å². The minimum Gasteiger partial charge on any atom is -0.496 e. The van der Waals surface area contributed by atoms with Crippen molar-refractivity contribution in [3.05, 3.63) is 59.2 Å².